The standard InChI is InChI=1S/C19H31N8O7P/c1-4-32-16(29)9(2)26-35(21,31)33-7-11-13(28)19(3,30)17(34-11)27-8-22-12-14(23-10-5-6-10)24-18(20)25-15(12)27/h8-11,13,17,28,30H,4-7H2,1-3H3,(H3,21,26,31)(H3,20,23,24,25)/t9-,11+,13?,17+,19?,35?/m0/s1. The summed E-state index contributed by atoms with van der Waals surface area (Å²) in [7, 11) is -3.97. The Morgan fingerprint density at radius 1 is 1.46 bits per heavy atom. The van der Waals surface area contributed by atoms with Crippen molar-refractivity contribution in [1.82, 2.24) is 24.6 Å². The predicted octanol–water partition coefficient (Wildman–Crippen LogP) is -0.383. The van der Waals surface area contributed by atoms with Crippen LogP contribution in [0.1, 0.15) is 39.8 Å². The van der Waals surface area contributed by atoms with Gasteiger partial charge >= 0.3 is 13.6 Å². The molecule has 0 bridgehead atoms. The fraction of sp³-hybridized carbons (Fsp3) is 0.684. The molecule has 1 saturated carbocycles. The first-order valence-electron chi connectivity index (χ1n) is 11.2. The van der Waals surface area contributed by atoms with Crippen LogP contribution in [0.25, 0.3) is 11.2 Å². The molecule has 15 nitrogen and oxygen atoms in total. The van der Waals surface area contributed by atoms with Gasteiger partial charge in [0.25, 0.3) is 0 Å². The van der Waals surface area contributed by atoms with Crippen LogP contribution in [0.15, 0.2) is 6.33 Å². The number of aliphatic hydroxyl groups excluding tert-OH is 1. The largest absolute Gasteiger partial charge is 0.465 e. The molecule has 3 unspecified atom stereocenters. The maximum Gasteiger partial charge on any atom is 0.338 e. The average Bonchev–Trinajstić information content (AvgIpc) is 3.44. The van der Waals surface area contributed by atoms with Crippen LogP contribution in [0.3, 0.4) is 0 Å². The predicted molar refractivity (Wildman–Crippen MR) is 124 cm³/mol. The molecule has 2 aromatic rings. The molecular weight excluding hydrogens is 483 g/mol. The van der Waals surface area contributed by atoms with Crippen molar-refractivity contribution >= 4 is 36.6 Å². The number of aliphatic hydroxyl groups is 2. The van der Waals surface area contributed by atoms with Crippen molar-refractivity contribution in [3.63, 3.8) is 0 Å². The number of esters is 1. The topological polar surface area (TPSA) is 222 Å². The second kappa shape index (κ2) is 9.58. The highest BCUT2D eigenvalue weighted by atomic mass is 31.2. The van der Waals surface area contributed by atoms with E-state index in [1.165, 1.54) is 24.7 Å². The third-order valence-corrected chi connectivity index (χ3v) is 7.09. The monoisotopic (exact) mass is 514 g/mol. The van der Waals surface area contributed by atoms with Gasteiger partial charge in [-0.05, 0) is 33.6 Å². The number of nitrogens with one attached hydrogen (secondary N) is 2. The van der Waals surface area contributed by atoms with Gasteiger partial charge in [0.1, 0.15) is 23.9 Å². The van der Waals surface area contributed by atoms with E-state index < -0.39 is 50.3 Å². The van der Waals surface area contributed by atoms with Crippen molar-refractivity contribution in [3.05, 3.63) is 6.33 Å². The third-order valence-electron chi connectivity index (χ3n) is 5.81. The lowest BCUT2D eigenvalue weighted by Crippen LogP contribution is -2.44. The quantitative estimate of drug-likeness (QED) is 0.176. The number of ether oxygens (including phenoxy) is 2. The smallest absolute Gasteiger partial charge is 0.338 e. The maximum absolute atomic E-state index is 12.6. The second-order valence-electron chi connectivity index (χ2n) is 8.87. The van der Waals surface area contributed by atoms with E-state index in [-0.39, 0.29) is 12.6 Å². The molecule has 6 atom stereocenters. The lowest BCUT2D eigenvalue weighted by atomic mass is 9.96. The van der Waals surface area contributed by atoms with Gasteiger partial charge in [0, 0.05) is 6.04 Å². The maximum atomic E-state index is 12.6. The van der Waals surface area contributed by atoms with Crippen LogP contribution in [-0.2, 0) is 23.4 Å². The minimum atomic E-state index is -3.97. The van der Waals surface area contributed by atoms with Crippen LogP contribution in [0.2, 0.25) is 0 Å². The molecule has 8 N–H and O–H groups in total. The summed E-state index contributed by atoms with van der Waals surface area (Å²) in [5.74, 6) is -0.172. The van der Waals surface area contributed by atoms with Crippen molar-refractivity contribution in [2.75, 3.05) is 24.3 Å². The zero-order chi connectivity index (χ0) is 25.5. The van der Waals surface area contributed by atoms with Crippen LogP contribution >= 0.6 is 7.67 Å². The van der Waals surface area contributed by atoms with Crippen LogP contribution in [0, 0.1) is 0 Å². The molecule has 1 saturated heterocycles. The molecule has 0 aromatic carbocycles. The zero-order valence-corrected chi connectivity index (χ0v) is 20.5. The van der Waals surface area contributed by atoms with Gasteiger partial charge in [-0.25, -0.2) is 15.6 Å². The first-order chi connectivity index (χ1) is 16.4. The summed E-state index contributed by atoms with van der Waals surface area (Å²) >= 11 is 0. The van der Waals surface area contributed by atoms with E-state index in [2.05, 4.69) is 25.4 Å². The van der Waals surface area contributed by atoms with Gasteiger partial charge in [-0.2, -0.15) is 9.97 Å². The Hall–Kier alpha value is -2.39. The van der Waals surface area contributed by atoms with Gasteiger partial charge in [0.2, 0.25) is 5.95 Å². The summed E-state index contributed by atoms with van der Waals surface area (Å²) in [6.45, 7) is 4.15. The molecule has 1 aliphatic carbocycles. The molecule has 0 amide bonds. The molecule has 3 heterocycles. The van der Waals surface area contributed by atoms with Crippen LogP contribution < -0.4 is 21.6 Å². The fourth-order valence-corrected chi connectivity index (χ4v) is 4.90. The number of rotatable bonds is 10. The van der Waals surface area contributed by atoms with E-state index in [4.69, 9.17) is 25.2 Å². The Morgan fingerprint density at radius 2 is 2.17 bits per heavy atom. The second-order valence-corrected chi connectivity index (χ2v) is 10.6. The number of hydrogen-bond donors (Lipinski definition) is 6. The summed E-state index contributed by atoms with van der Waals surface area (Å²) < 4.78 is 30.0. The number of fused-ring (bicyclic) bond motifs is 1. The van der Waals surface area contributed by atoms with Gasteiger partial charge in [-0.1, -0.05) is 0 Å². The summed E-state index contributed by atoms with van der Waals surface area (Å²) in [4.78, 5) is 24.6. The summed E-state index contributed by atoms with van der Waals surface area (Å²) in [6, 6.07) is -0.698. The molecule has 2 aromatic heterocycles. The number of carbonyl (C=O) groups excluding carboxylic acids is 1. The highest BCUT2D eigenvalue weighted by molar-refractivity contribution is 7.54. The molecule has 2 aliphatic rings. The minimum absolute atomic E-state index is 0.00587. The summed E-state index contributed by atoms with van der Waals surface area (Å²) in [5.41, 5.74) is 10.5. The van der Waals surface area contributed by atoms with E-state index in [1.54, 1.807) is 6.92 Å². The Labute approximate surface area is 201 Å². The molecule has 0 spiro atoms. The Balaban J connectivity index is 1.50. The first-order valence-corrected chi connectivity index (χ1v) is 12.9. The molecule has 2 fully saturated rings. The zero-order valence-electron chi connectivity index (χ0n) is 19.6. The van der Waals surface area contributed by atoms with E-state index in [0.29, 0.717) is 23.0 Å². The van der Waals surface area contributed by atoms with E-state index in [1.807, 2.05) is 0 Å². The number of nitrogens with zero attached hydrogens (tertiary/aromatic N) is 4. The van der Waals surface area contributed by atoms with Crippen molar-refractivity contribution in [3.8, 4) is 0 Å². The van der Waals surface area contributed by atoms with E-state index in [9.17, 15) is 19.6 Å². The summed E-state index contributed by atoms with van der Waals surface area (Å²) in [5, 5.41) is 27.5. The fourth-order valence-electron chi connectivity index (χ4n) is 3.82. The molecular formula is C19H31N8O7P. The van der Waals surface area contributed by atoms with Gasteiger partial charge in [0.15, 0.2) is 23.2 Å². The molecule has 4 rings (SSSR count). The van der Waals surface area contributed by atoms with Gasteiger partial charge in [-0.15, -0.1) is 0 Å². The minimum Gasteiger partial charge on any atom is -0.465 e. The van der Waals surface area contributed by atoms with Crippen LogP contribution in [-0.4, -0.2) is 78.8 Å². The van der Waals surface area contributed by atoms with E-state index >= 15 is 0 Å². The Bertz CT molecular complexity index is 1140. The normalized spacial score (nSPS) is 29.1. The number of hydrogen-bond acceptors (Lipinski definition) is 12. The number of imidazole rings is 1. The van der Waals surface area contributed by atoms with Crippen molar-refractivity contribution < 1.29 is 33.6 Å². The van der Waals surface area contributed by atoms with Gasteiger partial charge in [0.05, 0.1) is 19.5 Å². The molecule has 16 heteroatoms. The number of aromatic nitrogens is 4. The van der Waals surface area contributed by atoms with Crippen molar-refractivity contribution in [1.29, 1.82) is 0 Å². The highest BCUT2D eigenvalue weighted by Crippen LogP contribution is 2.42. The third kappa shape index (κ3) is 5.40. The lowest BCUT2D eigenvalue weighted by Gasteiger charge is -2.27. The number of anilines is 2. The van der Waals surface area contributed by atoms with Crippen molar-refractivity contribution in [2.45, 2.75) is 69.7 Å². The van der Waals surface area contributed by atoms with Crippen molar-refractivity contribution in [2.24, 2.45) is 5.50 Å². The Morgan fingerprint density at radius 3 is 2.83 bits per heavy atom. The first kappa shape index (κ1) is 25.7. The average molecular weight is 514 g/mol. The van der Waals surface area contributed by atoms with Crippen LogP contribution in [0.5, 0.6) is 0 Å². The van der Waals surface area contributed by atoms with E-state index in [0.717, 1.165) is 12.8 Å². The molecule has 0 radical (unpaired) electrons. The summed E-state index contributed by atoms with van der Waals surface area (Å²) in [6.07, 6.45) is -0.272. The molecule has 35 heavy (non-hydrogen) atoms. The highest BCUT2D eigenvalue weighted by Gasteiger charge is 2.54. The van der Waals surface area contributed by atoms with Crippen LogP contribution in [0.4, 0.5) is 11.8 Å². The Kier molecular flexibility index (Phi) is 7.03. The number of nitrogens with two attached hydrogens (primary N) is 2. The lowest BCUT2D eigenvalue weighted by molar-refractivity contribution is -0.144. The number of nitrogen functional groups attached to an aromatic ring is 1. The van der Waals surface area contributed by atoms with Gasteiger partial charge in [-0.3, -0.25) is 13.9 Å². The number of carbonyl (C=O) groups is 1. The SMILES string of the molecule is CCOC(=O)[C@H](C)NP(N)(=O)OC[C@H]1O[C@@H](n2cnc3c(NC4CC4)nc(N)nc32)C(C)(O)C1O. The van der Waals surface area contributed by atoms with Gasteiger partial charge < -0.3 is 35.3 Å². The molecule has 194 valence electrons. The molecule has 1 aliphatic heterocycles.